The van der Waals surface area contributed by atoms with Crippen molar-refractivity contribution in [1.82, 2.24) is 20.9 Å². The Morgan fingerprint density at radius 1 is 0.868 bits per heavy atom. The van der Waals surface area contributed by atoms with Crippen molar-refractivity contribution in [1.29, 1.82) is 0 Å². The van der Waals surface area contributed by atoms with Gasteiger partial charge in [-0.2, -0.15) is 0 Å². The van der Waals surface area contributed by atoms with E-state index in [0.717, 1.165) is 44.4 Å². The van der Waals surface area contributed by atoms with Gasteiger partial charge in [-0.1, -0.05) is 60.8 Å². The topological polar surface area (TPSA) is 125 Å². The Labute approximate surface area is 228 Å². The number of rotatable bonds is 10. The third-order valence-electron chi connectivity index (χ3n) is 6.69. The molecule has 1 saturated heterocycles. The molecule has 3 unspecified atom stereocenters. The summed E-state index contributed by atoms with van der Waals surface area (Å²) in [4.78, 5) is 64.1. The highest BCUT2D eigenvalue weighted by Gasteiger charge is 2.42. The van der Waals surface area contributed by atoms with Crippen molar-refractivity contribution in [3.05, 3.63) is 0 Å². The molecule has 0 bridgehead atoms. The molecular weight excluding hydrogens is 484 g/mol. The smallest absolute Gasteiger partial charge is 0.289 e. The first-order valence-corrected chi connectivity index (χ1v) is 14.7. The van der Waals surface area contributed by atoms with Gasteiger partial charge in [-0.15, -0.1) is 0 Å². The Balaban J connectivity index is 0.000000650. The van der Waals surface area contributed by atoms with Crippen molar-refractivity contribution in [3.63, 3.8) is 0 Å². The molecule has 9 heteroatoms. The Morgan fingerprint density at radius 2 is 1.45 bits per heavy atom. The van der Waals surface area contributed by atoms with E-state index < -0.39 is 29.7 Å². The minimum absolute atomic E-state index is 0.0142. The molecule has 4 fully saturated rings. The van der Waals surface area contributed by atoms with Crippen LogP contribution in [0.25, 0.3) is 0 Å². The predicted octanol–water partition coefficient (Wildman–Crippen LogP) is 2.96. The van der Waals surface area contributed by atoms with Gasteiger partial charge < -0.3 is 20.9 Å². The van der Waals surface area contributed by atoms with E-state index in [0.29, 0.717) is 25.3 Å². The van der Waals surface area contributed by atoms with Crippen LogP contribution in [-0.4, -0.2) is 65.5 Å². The number of likely N-dealkylation sites (tertiary alicyclic amines) is 1. The zero-order valence-electron chi connectivity index (χ0n) is 24.3. The van der Waals surface area contributed by atoms with E-state index in [1.165, 1.54) is 11.3 Å². The standard InChI is InChI=1S/C22H32N4O5.C4H10.C3H8/c1-12-8-9-26(17(27)11-23-20(29)14-4-5-14)18(12)21(30)25-16(10-13-2-3-13)19(28)22(31)24-15-6-7-15;1-4(2)3;1-3-2/h12-16,18H,2-11H2,1H3,(H,23,29)(H,24,31)(H,25,30);4H,1-3H3;3H2,1-2H3. The molecule has 0 aromatic rings. The van der Waals surface area contributed by atoms with Crippen LogP contribution in [-0.2, 0) is 24.0 Å². The number of Topliss-reactive ketones (excluding diaryl/α,β-unsaturated/α-hetero) is 1. The van der Waals surface area contributed by atoms with E-state index in [9.17, 15) is 24.0 Å². The van der Waals surface area contributed by atoms with Gasteiger partial charge in [-0.3, -0.25) is 24.0 Å². The highest BCUT2D eigenvalue weighted by atomic mass is 16.2. The van der Waals surface area contributed by atoms with Crippen molar-refractivity contribution in [2.45, 2.75) is 117 Å². The van der Waals surface area contributed by atoms with Crippen LogP contribution in [0.4, 0.5) is 0 Å². The Hall–Kier alpha value is -2.45. The summed E-state index contributed by atoms with van der Waals surface area (Å²) >= 11 is 0. The molecule has 1 heterocycles. The lowest BCUT2D eigenvalue weighted by molar-refractivity contribution is -0.142. The van der Waals surface area contributed by atoms with Crippen LogP contribution in [0.2, 0.25) is 0 Å². The summed E-state index contributed by atoms with van der Waals surface area (Å²) in [5.74, 6) is -0.922. The SMILES string of the molecule is CC(C)C.CC1CCN(C(=O)CNC(=O)C2CC2)C1C(=O)NC(CC1CC1)C(=O)C(=O)NC1CC1.CCC. The van der Waals surface area contributed by atoms with Crippen LogP contribution in [0.3, 0.4) is 0 Å². The monoisotopic (exact) mass is 534 g/mol. The van der Waals surface area contributed by atoms with Crippen molar-refractivity contribution < 1.29 is 24.0 Å². The second-order valence-corrected chi connectivity index (χ2v) is 12.1. The zero-order valence-corrected chi connectivity index (χ0v) is 24.3. The maximum atomic E-state index is 13.1. The van der Waals surface area contributed by atoms with Gasteiger partial charge in [0.15, 0.2) is 0 Å². The third-order valence-corrected chi connectivity index (χ3v) is 6.69. The van der Waals surface area contributed by atoms with Crippen LogP contribution in [0.1, 0.15) is 99.3 Å². The van der Waals surface area contributed by atoms with Crippen LogP contribution in [0, 0.1) is 23.7 Å². The van der Waals surface area contributed by atoms with Crippen LogP contribution < -0.4 is 16.0 Å². The van der Waals surface area contributed by atoms with Crippen LogP contribution in [0.15, 0.2) is 0 Å². The van der Waals surface area contributed by atoms with E-state index in [-0.39, 0.29) is 36.2 Å². The fraction of sp³-hybridized carbons (Fsp3) is 0.828. The van der Waals surface area contributed by atoms with Gasteiger partial charge in [0.25, 0.3) is 5.91 Å². The average Bonchev–Trinajstić information content (AvgIpc) is 3.70. The lowest BCUT2D eigenvalue weighted by Crippen LogP contribution is -2.55. The van der Waals surface area contributed by atoms with Gasteiger partial charge >= 0.3 is 0 Å². The molecule has 0 aromatic carbocycles. The highest BCUT2D eigenvalue weighted by molar-refractivity contribution is 6.38. The van der Waals surface area contributed by atoms with Crippen molar-refractivity contribution in [2.75, 3.05) is 13.1 Å². The minimum Gasteiger partial charge on any atom is -0.347 e. The molecule has 3 N–H and O–H groups in total. The Morgan fingerprint density at radius 3 is 1.95 bits per heavy atom. The maximum Gasteiger partial charge on any atom is 0.289 e. The zero-order chi connectivity index (χ0) is 28.4. The molecule has 9 nitrogen and oxygen atoms in total. The molecule has 4 amide bonds. The lowest BCUT2D eigenvalue weighted by atomic mass is 9.99. The summed E-state index contributed by atoms with van der Waals surface area (Å²) in [7, 11) is 0. The number of carbonyl (C=O) groups is 5. The number of hydrogen-bond donors (Lipinski definition) is 3. The molecule has 0 spiro atoms. The fourth-order valence-corrected chi connectivity index (χ4v) is 4.20. The molecular formula is C29H50N4O5. The summed E-state index contributed by atoms with van der Waals surface area (Å²) in [6, 6.07) is -1.49. The van der Waals surface area contributed by atoms with Gasteiger partial charge in [0.2, 0.25) is 23.5 Å². The number of nitrogens with one attached hydrogen (secondary N) is 3. The minimum atomic E-state index is -0.863. The van der Waals surface area contributed by atoms with E-state index >= 15 is 0 Å². The molecule has 3 aliphatic carbocycles. The van der Waals surface area contributed by atoms with Crippen molar-refractivity contribution in [2.24, 2.45) is 23.7 Å². The van der Waals surface area contributed by atoms with Gasteiger partial charge in [0, 0.05) is 18.5 Å². The van der Waals surface area contributed by atoms with Crippen molar-refractivity contribution in [3.8, 4) is 0 Å². The van der Waals surface area contributed by atoms with Gasteiger partial charge in [0.1, 0.15) is 6.04 Å². The predicted molar refractivity (Wildman–Crippen MR) is 147 cm³/mol. The molecule has 4 aliphatic rings. The summed E-state index contributed by atoms with van der Waals surface area (Å²) in [5, 5.41) is 8.14. The normalized spacial score (nSPS) is 22.8. The highest BCUT2D eigenvalue weighted by Crippen LogP contribution is 2.34. The summed E-state index contributed by atoms with van der Waals surface area (Å²) in [6.07, 6.45) is 7.84. The third kappa shape index (κ3) is 11.1. The van der Waals surface area contributed by atoms with E-state index in [2.05, 4.69) is 50.6 Å². The number of amides is 4. The van der Waals surface area contributed by atoms with Crippen LogP contribution in [0.5, 0.6) is 0 Å². The van der Waals surface area contributed by atoms with E-state index in [4.69, 9.17) is 0 Å². The largest absolute Gasteiger partial charge is 0.347 e. The molecule has 0 aromatic heterocycles. The molecule has 4 rings (SSSR count). The van der Waals surface area contributed by atoms with Crippen LogP contribution >= 0.6 is 0 Å². The van der Waals surface area contributed by atoms with E-state index in [1.54, 1.807) is 0 Å². The quantitative estimate of drug-likeness (QED) is 0.372. The summed E-state index contributed by atoms with van der Waals surface area (Å²) < 4.78 is 0. The summed E-state index contributed by atoms with van der Waals surface area (Å²) in [6.45, 7) is 13.0. The first-order valence-electron chi connectivity index (χ1n) is 14.7. The number of carbonyl (C=O) groups excluding carboxylic acids is 5. The Kier molecular flexibility index (Phi) is 12.7. The lowest BCUT2D eigenvalue weighted by Gasteiger charge is -2.28. The Bertz CT molecular complexity index is 830. The van der Waals surface area contributed by atoms with Crippen molar-refractivity contribution >= 4 is 29.4 Å². The molecule has 3 saturated carbocycles. The van der Waals surface area contributed by atoms with Gasteiger partial charge in [-0.25, -0.2) is 0 Å². The molecule has 1 aliphatic heterocycles. The first-order chi connectivity index (χ1) is 18.0. The average molecular weight is 535 g/mol. The number of ketones is 1. The first kappa shape index (κ1) is 31.8. The molecule has 3 atom stereocenters. The molecule has 0 radical (unpaired) electrons. The second-order valence-electron chi connectivity index (χ2n) is 12.1. The number of nitrogens with zero attached hydrogens (tertiary/aromatic N) is 1. The van der Waals surface area contributed by atoms with Gasteiger partial charge in [0.05, 0.1) is 12.6 Å². The van der Waals surface area contributed by atoms with E-state index in [1.807, 2.05) is 6.92 Å². The second kappa shape index (κ2) is 15.2. The number of hydrogen-bond acceptors (Lipinski definition) is 5. The molecule has 38 heavy (non-hydrogen) atoms. The maximum absolute atomic E-state index is 13.1. The fourth-order valence-electron chi connectivity index (χ4n) is 4.20. The molecule has 216 valence electrons. The van der Waals surface area contributed by atoms with Gasteiger partial charge in [-0.05, 0) is 56.3 Å². The summed E-state index contributed by atoms with van der Waals surface area (Å²) in [5.41, 5.74) is 0.